The predicted molar refractivity (Wildman–Crippen MR) is 77.1 cm³/mol. The molecule has 0 atom stereocenters. The summed E-state index contributed by atoms with van der Waals surface area (Å²) >= 11 is 1.49. The third kappa shape index (κ3) is 3.86. The molecule has 0 spiro atoms. The minimum atomic E-state index is 0.0372. The first-order valence-corrected chi connectivity index (χ1v) is 6.94. The Hall–Kier alpha value is -1.75. The number of phenols is 1. The van der Waals surface area contributed by atoms with Crippen molar-refractivity contribution in [2.24, 2.45) is 10.2 Å². The maximum Gasteiger partial charge on any atom is 0.229 e. The van der Waals surface area contributed by atoms with E-state index in [1.807, 2.05) is 11.4 Å². The Kier molecular flexibility index (Phi) is 3.95. The molecule has 4 nitrogen and oxygen atoms in total. The van der Waals surface area contributed by atoms with Crippen LogP contribution in [-0.2, 0) is 12.0 Å². The number of rotatable bonds is 3. The van der Waals surface area contributed by atoms with Crippen molar-refractivity contribution in [3.63, 3.8) is 0 Å². The lowest BCUT2D eigenvalue weighted by atomic mass is 9.93. The van der Waals surface area contributed by atoms with Gasteiger partial charge in [0, 0.05) is 10.8 Å². The van der Waals surface area contributed by atoms with E-state index in [1.165, 1.54) is 11.3 Å². The Labute approximate surface area is 116 Å². The molecule has 100 valence electrons. The number of aromatic nitrogens is 1. The molecule has 0 aliphatic heterocycles. The van der Waals surface area contributed by atoms with Crippen LogP contribution in [0.5, 0.6) is 5.75 Å². The summed E-state index contributed by atoms with van der Waals surface area (Å²) in [6, 6.07) is 7.01. The third-order valence-electron chi connectivity index (χ3n) is 2.58. The second-order valence-electron chi connectivity index (χ2n) is 5.33. The largest absolute Gasteiger partial charge is 0.508 e. The second kappa shape index (κ2) is 5.48. The number of aromatic hydroxyl groups is 1. The van der Waals surface area contributed by atoms with E-state index in [0.29, 0.717) is 11.7 Å². The van der Waals surface area contributed by atoms with Crippen molar-refractivity contribution >= 4 is 16.5 Å². The number of azo groups is 1. The van der Waals surface area contributed by atoms with Crippen LogP contribution in [0.15, 0.2) is 39.9 Å². The highest BCUT2D eigenvalue weighted by Gasteiger charge is 2.17. The number of phenolic OH excluding ortho intramolecular Hbond substituents is 1. The molecule has 0 amide bonds. The second-order valence-corrected chi connectivity index (χ2v) is 6.17. The lowest BCUT2D eigenvalue weighted by molar-refractivity contribution is 0.474. The molecule has 0 saturated carbocycles. The number of benzene rings is 1. The van der Waals surface area contributed by atoms with E-state index in [9.17, 15) is 5.11 Å². The fourth-order valence-electron chi connectivity index (χ4n) is 1.49. The van der Waals surface area contributed by atoms with Crippen LogP contribution in [0.2, 0.25) is 0 Å². The van der Waals surface area contributed by atoms with Crippen LogP contribution in [-0.4, -0.2) is 10.1 Å². The van der Waals surface area contributed by atoms with Gasteiger partial charge in [-0.2, -0.15) is 5.11 Å². The van der Waals surface area contributed by atoms with Crippen LogP contribution in [0.1, 0.15) is 32.0 Å². The molecule has 1 heterocycles. The molecule has 1 aromatic heterocycles. The highest BCUT2D eigenvalue weighted by molar-refractivity contribution is 7.13. The highest BCUT2D eigenvalue weighted by Crippen LogP contribution is 2.28. The summed E-state index contributed by atoms with van der Waals surface area (Å²) in [6.45, 7) is 6.81. The number of hydrogen-bond acceptors (Lipinski definition) is 5. The molecule has 0 aliphatic rings. The lowest BCUT2D eigenvalue weighted by Gasteiger charge is -2.13. The van der Waals surface area contributed by atoms with E-state index in [4.69, 9.17) is 0 Å². The van der Waals surface area contributed by atoms with Gasteiger partial charge >= 0.3 is 0 Å². The minimum Gasteiger partial charge on any atom is -0.508 e. The Morgan fingerprint density at radius 3 is 2.74 bits per heavy atom. The molecule has 0 bridgehead atoms. The first-order valence-electron chi connectivity index (χ1n) is 6.06. The van der Waals surface area contributed by atoms with Gasteiger partial charge in [-0.3, -0.25) is 0 Å². The van der Waals surface area contributed by atoms with Gasteiger partial charge in [-0.15, -0.1) is 16.5 Å². The molecule has 1 aromatic carbocycles. The van der Waals surface area contributed by atoms with Gasteiger partial charge in [0.25, 0.3) is 0 Å². The molecule has 0 fully saturated rings. The summed E-state index contributed by atoms with van der Waals surface area (Å²) < 4.78 is 0. The van der Waals surface area contributed by atoms with E-state index in [0.717, 1.165) is 11.3 Å². The molecule has 2 rings (SSSR count). The van der Waals surface area contributed by atoms with Crippen LogP contribution >= 0.6 is 11.3 Å². The Morgan fingerprint density at radius 1 is 1.32 bits per heavy atom. The van der Waals surface area contributed by atoms with Gasteiger partial charge in [-0.1, -0.05) is 32.9 Å². The third-order valence-corrected chi connectivity index (χ3v) is 3.31. The molecule has 0 saturated heterocycles. The zero-order valence-electron chi connectivity index (χ0n) is 11.3. The number of thiazole rings is 1. The van der Waals surface area contributed by atoms with Gasteiger partial charge in [0.1, 0.15) is 5.75 Å². The summed E-state index contributed by atoms with van der Waals surface area (Å²) in [6.07, 6.45) is 0. The molecule has 0 aliphatic carbocycles. The SMILES string of the molecule is CC(C)(C)c1csc(N=NCc2cccc(O)c2)n1. The molecule has 0 unspecified atom stereocenters. The smallest absolute Gasteiger partial charge is 0.229 e. The minimum absolute atomic E-state index is 0.0372. The van der Waals surface area contributed by atoms with E-state index >= 15 is 0 Å². The van der Waals surface area contributed by atoms with Crippen molar-refractivity contribution in [1.29, 1.82) is 0 Å². The molecule has 1 N–H and O–H groups in total. The fourth-order valence-corrected chi connectivity index (χ4v) is 2.37. The fraction of sp³-hybridized carbons (Fsp3) is 0.357. The van der Waals surface area contributed by atoms with Crippen LogP contribution in [0.3, 0.4) is 0 Å². The first-order chi connectivity index (χ1) is 8.95. The molecular formula is C14H17N3OS. The van der Waals surface area contributed by atoms with Gasteiger partial charge in [0.05, 0.1) is 12.2 Å². The zero-order chi connectivity index (χ0) is 13.9. The van der Waals surface area contributed by atoms with E-state index in [1.54, 1.807) is 18.2 Å². The normalized spacial score (nSPS) is 12.2. The lowest BCUT2D eigenvalue weighted by Crippen LogP contribution is -2.10. The molecule has 19 heavy (non-hydrogen) atoms. The molecule has 5 heteroatoms. The zero-order valence-corrected chi connectivity index (χ0v) is 12.1. The maximum atomic E-state index is 9.34. The summed E-state index contributed by atoms with van der Waals surface area (Å²) in [5.74, 6) is 0.247. The van der Waals surface area contributed by atoms with Gasteiger partial charge < -0.3 is 5.11 Å². The van der Waals surface area contributed by atoms with Crippen LogP contribution in [0.25, 0.3) is 0 Å². The van der Waals surface area contributed by atoms with Crippen molar-refractivity contribution in [2.75, 3.05) is 0 Å². The molecule has 0 radical (unpaired) electrons. The standard InChI is InChI=1S/C14H17N3OS/c1-14(2,3)12-9-19-13(16-12)17-15-8-10-5-4-6-11(18)7-10/h4-7,9,18H,8H2,1-3H3. The van der Waals surface area contributed by atoms with Gasteiger partial charge in [-0.05, 0) is 17.7 Å². The Bertz CT molecular complexity index is 584. The first kappa shape index (κ1) is 13.7. The van der Waals surface area contributed by atoms with Crippen LogP contribution < -0.4 is 0 Å². The van der Waals surface area contributed by atoms with Crippen LogP contribution in [0.4, 0.5) is 5.13 Å². The quantitative estimate of drug-likeness (QED) is 0.842. The average molecular weight is 275 g/mol. The van der Waals surface area contributed by atoms with E-state index < -0.39 is 0 Å². The molecular weight excluding hydrogens is 258 g/mol. The van der Waals surface area contributed by atoms with Crippen molar-refractivity contribution in [2.45, 2.75) is 32.7 Å². The number of hydrogen-bond donors (Lipinski definition) is 1. The van der Waals surface area contributed by atoms with Crippen molar-refractivity contribution in [1.82, 2.24) is 4.98 Å². The van der Waals surface area contributed by atoms with Gasteiger partial charge in [0.15, 0.2) is 0 Å². The summed E-state index contributed by atoms with van der Waals surface area (Å²) in [5.41, 5.74) is 2.00. The van der Waals surface area contributed by atoms with Gasteiger partial charge in [-0.25, -0.2) is 4.98 Å². The highest BCUT2D eigenvalue weighted by atomic mass is 32.1. The van der Waals surface area contributed by atoms with Gasteiger partial charge in [0.2, 0.25) is 5.13 Å². The van der Waals surface area contributed by atoms with E-state index in [2.05, 4.69) is 36.0 Å². The van der Waals surface area contributed by atoms with Crippen LogP contribution in [0, 0.1) is 0 Å². The predicted octanol–water partition coefficient (Wildman–Crippen LogP) is 4.43. The molecule has 2 aromatic rings. The summed E-state index contributed by atoms with van der Waals surface area (Å²) in [5, 5.41) is 20.3. The average Bonchev–Trinajstić information content (AvgIpc) is 2.77. The monoisotopic (exact) mass is 275 g/mol. The Balaban J connectivity index is 2.01. The van der Waals surface area contributed by atoms with E-state index in [-0.39, 0.29) is 11.2 Å². The summed E-state index contributed by atoms with van der Waals surface area (Å²) in [4.78, 5) is 4.44. The van der Waals surface area contributed by atoms with Crippen molar-refractivity contribution in [3.05, 3.63) is 40.9 Å². The topological polar surface area (TPSA) is 57.8 Å². The summed E-state index contributed by atoms with van der Waals surface area (Å²) in [7, 11) is 0. The Morgan fingerprint density at radius 2 is 2.11 bits per heavy atom. The maximum absolute atomic E-state index is 9.34. The van der Waals surface area contributed by atoms with Crippen molar-refractivity contribution < 1.29 is 5.11 Å². The number of nitrogens with zero attached hydrogens (tertiary/aromatic N) is 3. The van der Waals surface area contributed by atoms with Crippen molar-refractivity contribution in [3.8, 4) is 5.75 Å².